The molecule has 2 nitrogen and oxygen atoms in total. The number of pyridine rings is 2. The van der Waals surface area contributed by atoms with E-state index in [2.05, 4.69) is 40.3 Å². The van der Waals surface area contributed by atoms with Crippen LogP contribution in [0.4, 0.5) is 0 Å². The fourth-order valence-electron chi connectivity index (χ4n) is 2.09. The van der Waals surface area contributed by atoms with E-state index in [-0.39, 0.29) is 0 Å². The Labute approximate surface area is 112 Å². The molecular weight excluding hydrogens is 232 g/mol. The molecule has 0 saturated carbocycles. The molecule has 3 rings (SSSR count). The van der Waals surface area contributed by atoms with Crippen molar-refractivity contribution < 1.29 is 0 Å². The van der Waals surface area contributed by atoms with Crippen molar-refractivity contribution in [3.63, 3.8) is 0 Å². The number of hydrogen-bond acceptors (Lipinski definition) is 2. The summed E-state index contributed by atoms with van der Waals surface area (Å²) in [5.41, 5.74) is 4.52. The Morgan fingerprint density at radius 2 is 1.63 bits per heavy atom. The van der Waals surface area contributed by atoms with E-state index in [1.165, 1.54) is 11.1 Å². The number of rotatable bonds is 3. The second-order valence-electron chi connectivity index (χ2n) is 4.46. The van der Waals surface area contributed by atoms with Crippen molar-refractivity contribution in [2.45, 2.75) is 6.42 Å². The highest BCUT2D eigenvalue weighted by Gasteiger charge is 2.01. The number of benzene rings is 1. The molecule has 2 heteroatoms. The second kappa shape index (κ2) is 5.44. The van der Waals surface area contributed by atoms with Crippen molar-refractivity contribution in [3.05, 3.63) is 84.3 Å². The standard InChI is InChI=1S/C17H14N2/c1-2-6-14(7-3-1)10-15-11-16(13-18-12-15)17-8-4-5-9-19-17/h1-9,11-13H,10H2. The van der Waals surface area contributed by atoms with Crippen molar-refractivity contribution in [1.29, 1.82) is 0 Å². The first-order chi connectivity index (χ1) is 9.42. The number of hydrogen-bond donors (Lipinski definition) is 0. The molecule has 3 aromatic rings. The van der Waals surface area contributed by atoms with Gasteiger partial charge in [0.1, 0.15) is 0 Å². The van der Waals surface area contributed by atoms with E-state index in [4.69, 9.17) is 0 Å². The molecule has 2 heterocycles. The third kappa shape index (κ3) is 2.86. The quantitative estimate of drug-likeness (QED) is 0.703. The van der Waals surface area contributed by atoms with Gasteiger partial charge >= 0.3 is 0 Å². The highest BCUT2D eigenvalue weighted by atomic mass is 14.7. The van der Waals surface area contributed by atoms with Crippen LogP contribution in [0, 0.1) is 0 Å². The van der Waals surface area contributed by atoms with E-state index >= 15 is 0 Å². The zero-order chi connectivity index (χ0) is 12.9. The Morgan fingerprint density at radius 1 is 0.789 bits per heavy atom. The van der Waals surface area contributed by atoms with Crippen LogP contribution in [0.1, 0.15) is 11.1 Å². The largest absolute Gasteiger partial charge is 0.264 e. The average molecular weight is 246 g/mol. The second-order valence-corrected chi connectivity index (χ2v) is 4.46. The Morgan fingerprint density at radius 3 is 2.42 bits per heavy atom. The predicted octanol–water partition coefficient (Wildman–Crippen LogP) is 3.73. The van der Waals surface area contributed by atoms with Crippen LogP contribution in [0.5, 0.6) is 0 Å². The van der Waals surface area contributed by atoms with E-state index in [1.807, 2.05) is 36.7 Å². The molecular formula is C17H14N2. The number of aromatic nitrogens is 2. The highest BCUT2D eigenvalue weighted by Crippen LogP contribution is 2.18. The molecule has 0 aliphatic carbocycles. The first-order valence-corrected chi connectivity index (χ1v) is 6.31. The third-order valence-corrected chi connectivity index (χ3v) is 3.01. The molecule has 0 fully saturated rings. The zero-order valence-electron chi connectivity index (χ0n) is 10.5. The minimum atomic E-state index is 0.897. The van der Waals surface area contributed by atoms with Crippen LogP contribution in [0.2, 0.25) is 0 Å². The van der Waals surface area contributed by atoms with Gasteiger partial charge in [-0.2, -0.15) is 0 Å². The third-order valence-electron chi connectivity index (χ3n) is 3.01. The van der Waals surface area contributed by atoms with Gasteiger partial charge in [0.25, 0.3) is 0 Å². The average Bonchev–Trinajstić information content (AvgIpc) is 2.49. The minimum Gasteiger partial charge on any atom is -0.264 e. The van der Waals surface area contributed by atoms with Crippen molar-refractivity contribution in [3.8, 4) is 11.3 Å². The molecule has 19 heavy (non-hydrogen) atoms. The van der Waals surface area contributed by atoms with Gasteiger partial charge in [-0.3, -0.25) is 9.97 Å². The van der Waals surface area contributed by atoms with Gasteiger partial charge in [0.2, 0.25) is 0 Å². The highest BCUT2D eigenvalue weighted by molar-refractivity contribution is 5.58. The summed E-state index contributed by atoms with van der Waals surface area (Å²) in [6, 6.07) is 18.5. The Balaban J connectivity index is 1.89. The van der Waals surface area contributed by atoms with E-state index in [1.54, 1.807) is 6.20 Å². The first kappa shape index (κ1) is 11.6. The number of nitrogens with zero attached hydrogens (tertiary/aromatic N) is 2. The Hall–Kier alpha value is -2.48. The van der Waals surface area contributed by atoms with Crippen LogP contribution in [0.15, 0.2) is 73.2 Å². The molecule has 0 amide bonds. The van der Waals surface area contributed by atoms with Crippen molar-refractivity contribution >= 4 is 0 Å². The summed E-state index contributed by atoms with van der Waals surface area (Å²) in [4.78, 5) is 8.67. The van der Waals surface area contributed by atoms with Crippen LogP contribution < -0.4 is 0 Å². The summed E-state index contributed by atoms with van der Waals surface area (Å²) in [5, 5.41) is 0. The van der Waals surface area contributed by atoms with Gasteiger partial charge in [-0.1, -0.05) is 36.4 Å². The summed E-state index contributed by atoms with van der Waals surface area (Å²) in [7, 11) is 0. The van der Waals surface area contributed by atoms with Gasteiger partial charge in [-0.15, -0.1) is 0 Å². The topological polar surface area (TPSA) is 25.8 Å². The van der Waals surface area contributed by atoms with Crippen molar-refractivity contribution in [2.75, 3.05) is 0 Å². The summed E-state index contributed by atoms with van der Waals surface area (Å²) in [5.74, 6) is 0. The van der Waals surface area contributed by atoms with E-state index in [9.17, 15) is 0 Å². The Bertz CT molecular complexity index is 648. The molecule has 0 unspecified atom stereocenters. The molecule has 0 aliphatic rings. The van der Waals surface area contributed by atoms with Gasteiger partial charge in [-0.05, 0) is 35.7 Å². The molecule has 0 N–H and O–H groups in total. The summed E-state index contributed by atoms with van der Waals surface area (Å²) >= 11 is 0. The molecule has 0 aliphatic heterocycles. The fraction of sp³-hybridized carbons (Fsp3) is 0.0588. The molecule has 1 aromatic carbocycles. The summed E-state index contributed by atoms with van der Waals surface area (Å²) in [6.45, 7) is 0. The molecule has 0 atom stereocenters. The minimum absolute atomic E-state index is 0.897. The van der Waals surface area contributed by atoms with Gasteiger partial charge in [-0.25, -0.2) is 0 Å². The van der Waals surface area contributed by atoms with E-state index < -0.39 is 0 Å². The van der Waals surface area contributed by atoms with Crippen LogP contribution >= 0.6 is 0 Å². The van der Waals surface area contributed by atoms with E-state index in [0.717, 1.165) is 17.7 Å². The molecule has 0 radical (unpaired) electrons. The maximum Gasteiger partial charge on any atom is 0.0717 e. The van der Waals surface area contributed by atoms with Crippen LogP contribution in [0.3, 0.4) is 0 Å². The lowest BCUT2D eigenvalue weighted by molar-refractivity contribution is 1.14. The van der Waals surface area contributed by atoms with Crippen LogP contribution in [-0.2, 0) is 6.42 Å². The lowest BCUT2D eigenvalue weighted by Crippen LogP contribution is -1.91. The fourth-order valence-corrected chi connectivity index (χ4v) is 2.09. The summed E-state index contributed by atoms with van der Waals surface area (Å²) in [6.07, 6.45) is 6.48. The van der Waals surface area contributed by atoms with Gasteiger partial charge in [0.05, 0.1) is 5.69 Å². The molecule has 0 spiro atoms. The maximum atomic E-state index is 4.36. The van der Waals surface area contributed by atoms with Crippen molar-refractivity contribution in [1.82, 2.24) is 9.97 Å². The normalized spacial score (nSPS) is 10.3. The van der Waals surface area contributed by atoms with Crippen LogP contribution in [-0.4, -0.2) is 9.97 Å². The molecule has 0 saturated heterocycles. The molecule has 0 bridgehead atoms. The lowest BCUT2D eigenvalue weighted by Gasteiger charge is -2.04. The first-order valence-electron chi connectivity index (χ1n) is 6.31. The molecule has 2 aromatic heterocycles. The van der Waals surface area contributed by atoms with Crippen LogP contribution in [0.25, 0.3) is 11.3 Å². The predicted molar refractivity (Wildman–Crippen MR) is 76.7 cm³/mol. The zero-order valence-corrected chi connectivity index (χ0v) is 10.5. The lowest BCUT2D eigenvalue weighted by atomic mass is 10.0. The SMILES string of the molecule is c1ccc(Cc2cncc(-c3ccccn3)c2)cc1. The maximum absolute atomic E-state index is 4.36. The summed E-state index contributed by atoms with van der Waals surface area (Å²) < 4.78 is 0. The van der Waals surface area contributed by atoms with Gasteiger partial charge in [0.15, 0.2) is 0 Å². The monoisotopic (exact) mass is 246 g/mol. The smallest absolute Gasteiger partial charge is 0.0717 e. The Kier molecular flexibility index (Phi) is 3.32. The molecule has 92 valence electrons. The van der Waals surface area contributed by atoms with Gasteiger partial charge < -0.3 is 0 Å². The van der Waals surface area contributed by atoms with E-state index in [0.29, 0.717) is 0 Å². The van der Waals surface area contributed by atoms with Gasteiger partial charge in [0, 0.05) is 24.2 Å². The van der Waals surface area contributed by atoms with Crippen molar-refractivity contribution in [2.24, 2.45) is 0 Å².